The van der Waals surface area contributed by atoms with Crippen molar-refractivity contribution < 1.29 is 18.3 Å². The normalized spacial score (nSPS) is 36.8. The van der Waals surface area contributed by atoms with Gasteiger partial charge in [-0.15, -0.1) is 6.58 Å². The quantitative estimate of drug-likeness (QED) is 0.568. The fourth-order valence-electron chi connectivity index (χ4n) is 5.42. The molecule has 0 N–H and O–H groups in total. The summed E-state index contributed by atoms with van der Waals surface area (Å²) in [7, 11) is 0. The van der Waals surface area contributed by atoms with Crippen LogP contribution in [0.3, 0.4) is 0 Å². The van der Waals surface area contributed by atoms with Crippen molar-refractivity contribution in [2.75, 3.05) is 13.2 Å². The Balaban J connectivity index is 1.23. The summed E-state index contributed by atoms with van der Waals surface area (Å²) in [6.45, 7) is 5.57. The number of allylic oxidation sites excluding steroid dienone is 1. The van der Waals surface area contributed by atoms with Gasteiger partial charge in [0.05, 0.1) is 13.2 Å². The van der Waals surface area contributed by atoms with Gasteiger partial charge in [0.2, 0.25) is 0 Å². The number of hydrogen-bond donors (Lipinski definition) is 0. The number of benzene rings is 1. The van der Waals surface area contributed by atoms with Crippen LogP contribution in [0.15, 0.2) is 30.9 Å². The minimum absolute atomic E-state index is 0.0910. The molecule has 0 unspecified atom stereocenters. The van der Waals surface area contributed by atoms with E-state index in [9.17, 15) is 8.78 Å². The van der Waals surface area contributed by atoms with Crippen LogP contribution in [0.25, 0.3) is 0 Å². The van der Waals surface area contributed by atoms with Crippen molar-refractivity contribution in [3.05, 3.63) is 48.1 Å². The van der Waals surface area contributed by atoms with Gasteiger partial charge in [0.15, 0.2) is 17.9 Å². The van der Waals surface area contributed by atoms with E-state index in [4.69, 9.17) is 9.47 Å². The Morgan fingerprint density at radius 3 is 2.04 bits per heavy atom. The van der Waals surface area contributed by atoms with Gasteiger partial charge in [0, 0.05) is 11.8 Å². The minimum atomic E-state index is -0.769. The lowest BCUT2D eigenvalue weighted by molar-refractivity contribution is -0.236. The van der Waals surface area contributed by atoms with Crippen molar-refractivity contribution in [3.63, 3.8) is 0 Å². The Morgan fingerprint density at radius 1 is 0.786 bits per heavy atom. The first-order chi connectivity index (χ1) is 13.6. The maximum Gasteiger partial charge on any atom is 0.160 e. The summed E-state index contributed by atoms with van der Waals surface area (Å²) in [5.74, 6) is 1.16. The topological polar surface area (TPSA) is 18.5 Å². The van der Waals surface area contributed by atoms with Crippen molar-refractivity contribution in [1.82, 2.24) is 0 Å². The van der Waals surface area contributed by atoms with Crippen molar-refractivity contribution in [3.8, 4) is 0 Å². The average Bonchev–Trinajstić information content (AvgIpc) is 2.76. The zero-order chi connectivity index (χ0) is 19.5. The maximum absolute atomic E-state index is 13.5. The second kappa shape index (κ2) is 9.04. The second-order valence-electron chi connectivity index (χ2n) is 8.99. The second-order valence-corrected chi connectivity index (χ2v) is 8.99. The number of ether oxygens (including phenoxy) is 2. The Bertz CT molecular complexity index is 653. The van der Waals surface area contributed by atoms with Crippen molar-refractivity contribution in [1.29, 1.82) is 0 Å². The maximum atomic E-state index is 13.5. The number of halogens is 2. The van der Waals surface area contributed by atoms with Crippen LogP contribution in [0.1, 0.15) is 62.8 Å². The standard InChI is InChI=1S/C24H32F2O2/c1-2-16-3-5-18(6-4-16)21-14-27-24(28-15-21)19-9-7-17(8-10-19)20-11-12-22(25)23(26)13-20/h2,11-13,16-19,21,24H,1,3-10,14-15H2/t16-,17?,18-,19?,21?,24?. The molecule has 4 rings (SSSR count). The van der Waals surface area contributed by atoms with E-state index in [1.165, 1.54) is 37.8 Å². The first kappa shape index (κ1) is 20.0. The van der Waals surface area contributed by atoms with Crippen molar-refractivity contribution >= 4 is 0 Å². The van der Waals surface area contributed by atoms with Gasteiger partial charge in [-0.05, 0) is 86.8 Å². The third-order valence-electron chi connectivity index (χ3n) is 7.34. The van der Waals surface area contributed by atoms with E-state index in [0.717, 1.165) is 50.4 Å². The molecular formula is C24H32F2O2. The highest BCUT2D eigenvalue weighted by atomic mass is 19.2. The van der Waals surface area contributed by atoms with E-state index in [2.05, 4.69) is 12.7 Å². The molecule has 1 aliphatic heterocycles. The minimum Gasteiger partial charge on any atom is -0.352 e. The fourth-order valence-corrected chi connectivity index (χ4v) is 5.42. The van der Waals surface area contributed by atoms with E-state index < -0.39 is 11.6 Å². The molecule has 0 aromatic heterocycles. The van der Waals surface area contributed by atoms with Gasteiger partial charge in [0.25, 0.3) is 0 Å². The molecule has 4 heteroatoms. The first-order valence-electron chi connectivity index (χ1n) is 10.9. The molecule has 28 heavy (non-hydrogen) atoms. The monoisotopic (exact) mass is 390 g/mol. The van der Waals surface area contributed by atoms with Crippen LogP contribution in [0.4, 0.5) is 8.78 Å². The van der Waals surface area contributed by atoms with Crippen LogP contribution in [0.5, 0.6) is 0 Å². The first-order valence-corrected chi connectivity index (χ1v) is 10.9. The molecule has 0 amide bonds. The Hall–Kier alpha value is -1.26. The molecule has 0 bridgehead atoms. The molecule has 0 radical (unpaired) electrons. The van der Waals surface area contributed by atoms with Crippen molar-refractivity contribution in [2.24, 2.45) is 23.7 Å². The van der Waals surface area contributed by atoms with E-state index in [0.29, 0.717) is 23.7 Å². The van der Waals surface area contributed by atoms with E-state index >= 15 is 0 Å². The molecule has 2 aliphatic carbocycles. The fraction of sp³-hybridized carbons (Fsp3) is 0.667. The van der Waals surface area contributed by atoms with Crippen LogP contribution in [0, 0.1) is 35.3 Å². The van der Waals surface area contributed by atoms with Crippen LogP contribution in [0.2, 0.25) is 0 Å². The lowest BCUT2D eigenvalue weighted by Gasteiger charge is -2.41. The summed E-state index contributed by atoms with van der Waals surface area (Å²) >= 11 is 0. The molecule has 1 saturated heterocycles. The SMILES string of the molecule is C=C[C@H]1CC[C@H](C2COC(C3CCC(c4ccc(F)c(F)c4)CC3)OC2)CC1. The predicted molar refractivity (Wildman–Crippen MR) is 106 cm³/mol. The van der Waals surface area contributed by atoms with Crippen LogP contribution in [-0.2, 0) is 9.47 Å². The smallest absolute Gasteiger partial charge is 0.160 e. The molecule has 3 aliphatic rings. The van der Waals surface area contributed by atoms with E-state index in [1.807, 2.05) is 0 Å². The van der Waals surface area contributed by atoms with Gasteiger partial charge < -0.3 is 9.47 Å². The summed E-state index contributed by atoms with van der Waals surface area (Å²) in [6, 6.07) is 4.33. The molecule has 1 aromatic rings. The molecule has 0 atom stereocenters. The largest absolute Gasteiger partial charge is 0.352 e. The summed E-state index contributed by atoms with van der Waals surface area (Å²) in [5, 5.41) is 0. The highest BCUT2D eigenvalue weighted by molar-refractivity contribution is 5.22. The van der Waals surface area contributed by atoms with E-state index in [-0.39, 0.29) is 6.29 Å². The summed E-state index contributed by atoms with van der Waals surface area (Å²) in [6.07, 6.45) is 11.0. The number of rotatable bonds is 4. The summed E-state index contributed by atoms with van der Waals surface area (Å²) < 4.78 is 39.0. The molecule has 3 fully saturated rings. The predicted octanol–water partition coefficient (Wildman–Crippen LogP) is 6.22. The van der Waals surface area contributed by atoms with Crippen LogP contribution >= 0.6 is 0 Å². The summed E-state index contributed by atoms with van der Waals surface area (Å²) in [4.78, 5) is 0. The Labute approximate surface area is 167 Å². The molecule has 2 saturated carbocycles. The molecule has 1 heterocycles. The Kier molecular flexibility index (Phi) is 6.47. The highest BCUT2D eigenvalue weighted by Crippen LogP contribution is 2.41. The molecular weight excluding hydrogens is 358 g/mol. The number of hydrogen-bond acceptors (Lipinski definition) is 2. The third-order valence-corrected chi connectivity index (χ3v) is 7.34. The van der Waals surface area contributed by atoms with E-state index in [1.54, 1.807) is 6.07 Å². The van der Waals surface area contributed by atoms with Crippen LogP contribution < -0.4 is 0 Å². The van der Waals surface area contributed by atoms with Gasteiger partial charge in [-0.1, -0.05) is 12.1 Å². The van der Waals surface area contributed by atoms with Gasteiger partial charge in [-0.25, -0.2) is 8.78 Å². The molecule has 0 spiro atoms. The zero-order valence-corrected chi connectivity index (χ0v) is 16.6. The van der Waals surface area contributed by atoms with Crippen LogP contribution in [-0.4, -0.2) is 19.5 Å². The highest BCUT2D eigenvalue weighted by Gasteiger charge is 2.36. The summed E-state index contributed by atoms with van der Waals surface area (Å²) in [5.41, 5.74) is 0.915. The lowest BCUT2D eigenvalue weighted by Crippen LogP contribution is -2.41. The zero-order valence-electron chi connectivity index (χ0n) is 16.6. The van der Waals surface area contributed by atoms with Gasteiger partial charge in [-0.2, -0.15) is 0 Å². The third kappa shape index (κ3) is 4.49. The van der Waals surface area contributed by atoms with Gasteiger partial charge >= 0.3 is 0 Å². The molecule has 2 nitrogen and oxygen atoms in total. The molecule has 1 aromatic carbocycles. The van der Waals surface area contributed by atoms with Gasteiger partial charge in [-0.3, -0.25) is 0 Å². The van der Waals surface area contributed by atoms with Crippen molar-refractivity contribution in [2.45, 2.75) is 63.6 Å². The molecule has 154 valence electrons. The average molecular weight is 391 g/mol. The Morgan fingerprint density at radius 2 is 1.43 bits per heavy atom. The lowest BCUT2D eigenvalue weighted by atomic mass is 9.75. The van der Waals surface area contributed by atoms with Gasteiger partial charge in [0.1, 0.15) is 0 Å².